The van der Waals surface area contributed by atoms with Gasteiger partial charge in [-0.05, 0) is 30.3 Å². The van der Waals surface area contributed by atoms with E-state index in [0.29, 0.717) is 22.9 Å². The van der Waals surface area contributed by atoms with Crippen molar-refractivity contribution in [3.8, 4) is 6.07 Å². The minimum Gasteiger partial charge on any atom is -0.454 e. The van der Waals surface area contributed by atoms with E-state index >= 15 is 0 Å². The van der Waals surface area contributed by atoms with Crippen molar-refractivity contribution in [2.75, 3.05) is 19.0 Å². The molecule has 21 heavy (non-hydrogen) atoms. The molecule has 0 spiro atoms. The monoisotopic (exact) mass is 303 g/mol. The highest BCUT2D eigenvalue weighted by atomic mass is 35.5. The number of amides is 1. The Morgan fingerprint density at radius 3 is 2.81 bits per heavy atom. The number of carbonyl (C=O) groups is 1. The third-order valence-corrected chi connectivity index (χ3v) is 3.33. The number of nitrogens with zero attached hydrogens (tertiary/aromatic N) is 2. The number of nitriles is 1. The highest BCUT2D eigenvalue weighted by Gasteiger charge is 2.11. The maximum absolute atomic E-state index is 11.4. The van der Waals surface area contributed by atoms with Crippen LogP contribution in [0.2, 0.25) is 5.02 Å². The summed E-state index contributed by atoms with van der Waals surface area (Å²) in [6, 6.07) is 10.6. The quantitative estimate of drug-likeness (QED) is 0.943. The molecule has 2 rings (SSSR count). The molecule has 0 aliphatic carbocycles. The summed E-state index contributed by atoms with van der Waals surface area (Å²) in [5, 5.41) is 11.8. The second kappa shape index (κ2) is 6.33. The largest absolute Gasteiger partial charge is 0.454 e. The molecule has 1 N–H and O–H groups in total. The Morgan fingerprint density at radius 2 is 2.19 bits per heavy atom. The minimum atomic E-state index is -0.259. The van der Waals surface area contributed by atoms with Crippen molar-refractivity contribution >= 4 is 23.2 Å². The van der Waals surface area contributed by atoms with Crippen molar-refractivity contribution in [1.29, 1.82) is 5.26 Å². The second-order valence-electron chi connectivity index (χ2n) is 4.48. The molecule has 0 saturated heterocycles. The lowest BCUT2D eigenvalue weighted by Gasteiger charge is -2.18. The third kappa shape index (κ3) is 3.36. The molecule has 0 aliphatic rings. The first-order valence-corrected chi connectivity index (χ1v) is 6.64. The summed E-state index contributed by atoms with van der Waals surface area (Å²) in [6.07, 6.45) is 0. The minimum absolute atomic E-state index is 0.259. The highest BCUT2D eigenvalue weighted by Crippen LogP contribution is 2.24. The van der Waals surface area contributed by atoms with Crippen LogP contribution in [0.5, 0.6) is 0 Å². The van der Waals surface area contributed by atoms with Gasteiger partial charge in [-0.3, -0.25) is 4.79 Å². The van der Waals surface area contributed by atoms with Crippen LogP contribution in [0, 0.1) is 11.3 Å². The van der Waals surface area contributed by atoms with Crippen LogP contribution in [0.4, 0.5) is 5.69 Å². The van der Waals surface area contributed by atoms with Crippen LogP contribution in [0.15, 0.2) is 34.7 Å². The molecule has 2 aromatic rings. The Bertz CT molecular complexity index is 703. The topological polar surface area (TPSA) is 69.3 Å². The van der Waals surface area contributed by atoms with Gasteiger partial charge in [0.2, 0.25) is 0 Å². The van der Waals surface area contributed by atoms with Crippen molar-refractivity contribution in [2.45, 2.75) is 6.54 Å². The molecular formula is C15H14ClN3O2. The lowest BCUT2D eigenvalue weighted by Crippen LogP contribution is -2.17. The van der Waals surface area contributed by atoms with Gasteiger partial charge in [0.15, 0.2) is 5.76 Å². The van der Waals surface area contributed by atoms with Crippen LogP contribution >= 0.6 is 11.6 Å². The van der Waals surface area contributed by atoms with Gasteiger partial charge in [0, 0.05) is 19.8 Å². The lowest BCUT2D eigenvalue weighted by molar-refractivity contribution is 0.0934. The normalized spacial score (nSPS) is 10.0. The molecule has 0 unspecified atom stereocenters. The first kappa shape index (κ1) is 14.9. The standard InChI is InChI=1S/C15H14ClN3O2/c1-18-15(20)14-6-5-12(21-14)9-19(2)11-4-3-10(8-17)13(16)7-11/h3-7H,9H2,1-2H3,(H,18,20). The highest BCUT2D eigenvalue weighted by molar-refractivity contribution is 6.32. The van der Waals surface area contributed by atoms with E-state index in [2.05, 4.69) is 5.32 Å². The first-order chi connectivity index (χ1) is 10.0. The van der Waals surface area contributed by atoms with Crippen molar-refractivity contribution < 1.29 is 9.21 Å². The summed E-state index contributed by atoms with van der Waals surface area (Å²) < 4.78 is 5.46. The number of nitrogens with one attached hydrogen (secondary N) is 1. The van der Waals surface area contributed by atoms with Crippen LogP contribution in [0.1, 0.15) is 21.9 Å². The number of anilines is 1. The molecule has 1 amide bonds. The smallest absolute Gasteiger partial charge is 0.286 e. The van der Waals surface area contributed by atoms with Crippen LogP contribution in [0.25, 0.3) is 0 Å². The van der Waals surface area contributed by atoms with Crippen molar-refractivity contribution in [3.05, 3.63) is 52.4 Å². The molecule has 0 radical (unpaired) electrons. The van der Waals surface area contributed by atoms with Gasteiger partial charge in [-0.2, -0.15) is 5.26 Å². The summed E-state index contributed by atoms with van der Waals surface area (Å²) in [7, 11) is 3.43. The van der Waals surface area contributed by atoms with Crippen molar-refractivity contribution in [2.24, 2.45) is 0 Å². The third-order valence-electron chi connectivity index (χ3n) is 3.02. The van der Waals surface area contributed by atoms with Crippen LogP contribution in [-0.4, -0.2) is 20.0 Å². The number of rotatable bonds is 4. The van der Waals surface area contributed by atoms with Crippen LogP contribution in [0.3, 0.4) is 0 Å². The molecule has 108 valence electrons. The second-order valence-corrected chi connectivity index (χ2v) is 4.88. The van der Waals surface area contributed by atoms with E-state index in [0.717, 1.165) is 5.69 Å². The van der Waals surface area contributed by atoms with Gasteiger partial charge in [0.05, 0.1) is 17.1 Å². The summed E-state index contributed by atoms with van der Waals surface area (Å²) in [5.41, 5.74) is 1.30. The molecule has 0 bridgehead atoms. The molecule has 1 heterocycles. The van der Waals surface area contributed by atoms with Crippen molar-refractivity contribution in [1.82, 2.24) is 5.32 Å². The van der Waals surface area contributed by atoms with E-state index in [1.54, 1.807) is 31.3 Å². The number of carbonyl (C=O) groups excluding carboxylic acids is 1. The molecule has 1 aromatic carbocycles. The van der Waals surface area contributed by atoms with Crippen molar-refractivity contribution in [3.63, 3.8) is 0 Å². The molecule has 1 aromatic heterocycles. The van der Waals surface area contributed by atoms with Gasteiger partial charge >= 0.3 is 0 Å². The predicted octanol–water partition coefficient (Wildman–Crippen LogP) is 2.80. The van der Waals surface area contributed by atoms with E-state index < -0.39 is 0 Å². The molecule has 6 heteroatoms. The van der Waals surface area contributed by atoms with Gasteiger partial charge in [-0.1, -0.05) is 11.6 Å². The maximum Gasteiger partial charge on any atom is 0.286 e. The maximum atomic E-state index is 11.4. The number of furan rings is 1. The van der Waals surface area contributed by atoms with E-state index in [1.165, 1.54) is 0 Å². The SMILES string of the molecule is CNC(=O)c1ccc(CN(C)c2ccc(C#N)c(Cl)c2)o1. The number of halogens is 1. The van der Waals surface area contributed by atoms with E-state index in [9.17, 15) is 4.79 Å². The fourth-order valence-electron chi connectivity index (χ4n) is 1.87. The van der Waals surface area contributed by atoms with Gasteiger partial charge in [0.25, 0.3) is 5.91 Å². The average Bonchev–Trinajstić information content (AvgIpc) is 2.94. The van der Waals surface area contributed by atoms with E-state index in [-0.39, 0.29) is 11.7 Å². The van der Waals surface area contributed by atoms with Gasteiger partial charge in [-0.25, -0.2) is 0 Å². The summed E-state index contributed by atoms with van der Waals surface area (Å²) >= 11 is 6.02. The van der Waals surface area contributed by atoms with Crippen LogP contribution < -0.4 is 10.2 Å². The molecule has 5 nitrogen and oxygen atoms in total. The van der Waals surface area contributed by atoms with E-state index in [1.807, 2.05) is 24.1 Å². The van der Waals surface area contributed by atoms with Gasteiger partial charge in [-0.15, -0.1) is 0 Å². The average molecular weight is 304 g/mol. The lowest BCUT2D eigenvalue weighted by atomic mass is 10.2. The Morgan fingerprint density at radius 1 is 1.43 bits per heavy atom. The Balaban J connectivity index is 2.13. The Kier molecular flexibility index (Phi) is 4.51. The Labute approximate surface area is 127 Å². The zero-order valence-corrected chi connectivity index (χ0v) is 12.4. The van der Waals surface area contributed by atoms with Crippen LogP contribution in [-0.2, 0) is 6.54 Å². The fraction of sp³-hybridized carbons (Fsp3) is 0.200. The van der Waals surface area contributed by atoms with E-state index in [4.69, 9.17) is 21.3 Å². The molecule has 0 aliphatic heterocycles. The summed E-state index contributed by atoms with van der Waals surface area (Å²) in [6.45, 7) is 0.485. The van der Waals surface area contributed by atoms with Gasteiger partial charge in [0.1, 0.15) is 11.8 Å². The number of hydrogen-bond acceptors (Lipinski definition) is 4. The number of benzene rings is 1. The number of hydrogen-bond donors (Lipinski definition) is 1. The molecule has 0 atom stereocenters. The predicted molar refractivity (Wildman–Crippen MR) is 80.4 cm³/mol. The molecule has 0 fully saturated rings. The zero-order chi connectivity index (χ0) is 15.4. The fourth-order valence-corrected chi connectivity index (χ4v) is 2.08. The summed E-state index contributed by atoms with van der Waals surface area (Å²) in [5.74, 6) is 0.681. The van der Waals surface area contributed by atoms with Gasteiger partial charge < -0.3 is 14.6 Å². The first-order valence-electron chi connectivity index (χ1n) is 6.26. The molecule has 0 saturated carbocycles. The Hall–Kier alpha value is -2.45. The zero-order valence-electron chi connectivity index (χ0n) is 11.7. The summed E-state index contributed by atoms with van der Waals surface area (Å²) in [4.78, 5) is 13.3. The molecular weight excluding hydrogens is 290 g/mol.